The first kappa shape index (κ1) is 25.1. The van der Waals surface area contributed by atoms with Crippen molar-refractivity contribution in [2.45, 2.75) is 38.5 Å². The Morgan fingerprint density at radius 3 is 2.67 bits per heavy atom. The van der Waals surface area contributed by atoms with E-state index in [0.717, 1.165) is 40.8 Å². The SMILES string of the molecule is CCNC(=NCC(C)(C)c1ccc2c(c1)OCCO2)NCC1CC(=O)Nc2ccccc21.I. The predicted molar refractivity (Wildman–Crippen MR) is 142 cm³/mol. The second-order valence-electron chi connectivity index (χ2n) is 8.85. The molecule has 2 heterocycles. The number of amides is 1. The minimum atomic E-state index is -0.185. The maximum absolute atomic E-state index is 12.1. The van der Waals surface area contributed by atoms with Gasteiger partial charge >= 0.3 is 0 Å². The van der Waals surface area contributed by atoms with E-state index in [2.05, 4.69) is 48.0 Å². The Bertz CT molecular complexity index is 1010. The number of fused-ring (bicyclic) bond motifs is 2. The Labute approximate surface area is 212 Å². The molecule has 33 heavy (non-hydrogen) atoms. The van der Waals surface area contributed by atoms with Gasteiger partial charge in [-0.1, -0.05) is 38.1 Å². The van der Waals surface area contributed by atoms with Crippen LogP contribution in [0.5, 0.6) is 11.5 Å². The normalized spacial score (nSPS) is 17.4. The Hall–Kier alpha value is -2.49. The lowest BCUT2D eigenvalue weighted by Crippen LogP contribution is -2.41. The molecule has 0 aliphatic carbocycles. The van der Waals surface area contributed by atoms with Gasteiger partial charge in [0.1, 0.15) is 13.2 Å². The summed E-state index contributed by atoms with van der Waals surface area (Å²) in [5.41, 5.74) is 3.03. The third-order valence-electron chi connectivity index (χ3n) is 5.92. The summed E-state index contributed by atoms with van der Waals surface area (Å²) in [5.74, 6) is 2.50. The van der Waals surface area contributed by atoms with Gasteiger partial charge < -0.3 is 25.4 Å². The predicted octanol–water partition coefficient (Wildman–Crippen LogP) is 4.03. The summed E-state index contributed by atoms with van der Waals surface area (Å²) in [6, 6.07) is 14.1. The van der Waals surface area contributed by atoms with Gasteiger partial charge in [0.05, 0.1) is 6.54 Å². The summed E-state index contributed by atoms with van der Waals surface area (Å²) < 4.78 is 11.4. The van der Waals surface area contributed by atoms with Gasteiger partial charge in [-0.15, -0.1) is 24.0 Å². The van der Waals surface area contributed by atoms with Crippen LogP contribution in [0.1, 0.15) is 44.2 Å². The van der Waals surface area contributed by atoms with Crippen molar-refractivity contribution >= 4 is 41.5 Å². The maximum Gasteiger partial charge on any atom is 0.225 e. The van der Waals surface area contributed by atoms with E-state index in [-0.39, 0.29) is 41.2 Å². The molecule has 2 aliphatic rings. The van der Waals surface area contributed by atoms with E-state index in [9.17, 15) is 4.79 Å². The quantitative estimate of drug-likeness (QED) is 0.281. The summed E-state index contributed by atoms with van der Waals surface area (Å²) in [6.07, 6.45) is 0.464. The smallest absolute Gasteiger partial charge is 0.225 e. The monoisotopic (exact) mass is 564 g/mol. The Balaban J connectivity index is 0.00000306. The van der Waals surface area contributed by atoms with Gasteiger partial charge in [0.2, 0.25) is 5.91 Å². The molecule has 2 aromatic rings. The van der Waals surface area contributed by atoms with Crippen LogP contribution in [0.4, 0.5) is 5.69 Å². The summed E-state index contributed by atoms with van der Waals surface area (Å²) in [7, 11) is 0. The molecule has 1 unspecified atom stereocenters. The number of carbonyl (C=O) groups is 1. The Kier molecular flexibility index (Phi) is 8.45. The molecule has 7 nitrogen and oxygen atoms in total. The number of ether oxygens (including phenoxy) is 2. The first-order valence-electron chi connectivity index (χ1n) is 11.3. The number of nitrogens with one attached hydrogen (secondary N) is 3. The second-order valence-corrected chi connectivity index (χ2v) is 8.85. The molecule has 2 aliphatic heterocycles. The molecule has 0 aromatic heterocycles. The highest BCUT2D eigenvalue weighted by atomic mass is 127. The number of benzene rings is 2. The number of hydrogen-bond donors (Lipinski definition) is 3. The number of halogens is 1. The van der Waals surface area contributed by atoms with Crippen molar-refractivity contribution in [2.75, 3.05) is 38.2 Å². The lowest BCUT2D eigenvalue weighted by molar-refractivity contribution is -0.116. The molecule has 1 amide bonds. The largest absolute Gasteiger partial charge is 0.486 e. The van der Waals surface area contributed by atoms with Gasteiger partial charge in [0.15, 0.2) is 17.5 Å². The summed E-state index contributed by atoms with van der Waals surface area (Å²) in [6.45, 7) is 9.56. The number of guanidine groups is 1. The van der Waals surface area contributed by atoms with E-state index >= 15 is 0 Å². The molecule has 0 spiro atoms. The molecule has 0 fully saturated rings. The van der Waals surface area contributed by atoms with Crippen molar-refractivity contribution in [2.24, 2.45) is 4.99 Å². The summed E-state index contributed by atoms with van der Waals surface area (Å²) in [4.78, 5) is 17.0. The number of anilines is 1. The van der Waals surface area contributed by atoms with E-state index in [4.69, 9.17) is 14.5 Å². The Morgan fingerprint density at radius 2 is 1.88 bits per heavy atom. The van der Waals surface area contributed by atoms with Crippen molar-refractivity contribution in [1.29, 1.82) is 0 Å². The zero-order valence-corrected chi connectivity index (χ0v) is 21.8. The standard InChI is InChI=1S/C25H32N4O3.HI/c1-4-26-24(27-15-17-13-23(30)29-20-8-6-5-7-19(17)20)28-16-25(2,3)18-9-10-21-22(14-18)32-12-11-31-21;/h5-10,14,17H,4,11-13,15-16H2,1-3H3,(H,29,30)(H2,26,27,28);1H. The lowest BCUT2D eigenvalue weighted by atomic mass is 9.84. The van der Waals surface area contributed by atoms with Gasteiger partial charge in [-0.2, -0.15) is 0 Å². The number of aliphatic imine (C=N–C) groups is 1. The van der Waals surface area contributed by atoms with Crippen LogP contribution in [0.25, 0.3) is 0 Å². The molecule has 3 N–H and O–H groups in total. The fourth-order valence-electron chi connectivity index (χ4n) is 4.08. The van der Waals surface area contributed by atoms with Crippen molar-refractivity contribution < 1.29 is 14.3 Å². The van der Waals surface area contributed by atoms with Crippen LogP contribution in [-0.2, 0) is 10.2 Å². The minimum Gasteiger partial charge on any atom is -0.486 e. The number of para-hydroxylation sites is 1. The van der Waals surface area contributed by atoms with Crippen LogP contribution in [0, 0.1) is 0 Å². The van der Waals surface area contributed by atoms with E-state index in [1.54, 1.807) is 0 Å². The van der Waals surface area contributed by atoms with Crippen LogP contribution in [-0.4, -0.2) is 44.7 Å². The van der Waals surface area contributed by atoms with E-state index in [0.29, 0.717) is 32.7 Å². The van der Waals surface area contributed by atoms with Crippen LogP contribution in [0.15, 0.2) is 47.5 Å². The lowest BCUT2D eigenvalue weighted by Gasteiger charge is -2.28. The highest BCUT2D eigenvalue weighted by molar-refractivity contribution is 14.0. The van der Waals surface area contributed by atoms with Gasteiger partial charge in [0.25, 0.3) is 0 Å². The van der Waals surface area contributed by atoms with E-state index < -0.39 is 0 Å². The molecular formula is C25H33IN4O3. The van der Waals surface area contributed by atoms with Gasteiger partial charge in [-0.25, -0.2) is 0 Å². The highest BCUT2D eigenvalue weighted by Gasteiger charge is 2.26. The first-order valence-corrected chi connectivity index (χ1v) is 11.3. The number of carbonyl (C=O) groups excluding carboxylic acids is 1. The number of nitrogens with zero attached hydrogens (tertiary/aromatic N) is 1. The van der Waals surface area contributed by atoms with Crippen molar-refractivity contribution in [3.05, 3.63) is 53.6 Å². The third-order valence-corrected chi connectivity index (χ3v) is 5.92. The van der Waals surface area contributed by atoms with Gasteiger partial charge in [-0.05, 0) is 36.2 Å². The second kappa shape index (κ2) is 11.1. The molecule has 178 valence electrons. The summed E-state index contributed by atoms with van der Waals surface area (Å²) >= 11 is 0. The summed E-state index contributed by atoms with van der Waals surface area (Å²) in [5, 5.41) is 9.72. The first-order chi connectivity index (χ1) is 15.5. The number of hydrogen-bond acceptors (Lipinski definition) is 4. The maximum atomic E-state index is 12.1. The van der Waals surface area contributed by atoms with Crippen LogP contribution in [0.2, 0.25) is 0 Å². The third kappa shape index (κ3) is 6.10. The zero-order chi connectivity index (χ0) is 22.6. The van der Waals surface area contributed by atoms with Crippen molar-refractivity contribution in [1.82, 2.24) is 10.6 Å². The molecule has 8 heteroatoms. The molecule has 0 saturated heterocycles. The Morgan fingerprint density at radius 1 is 1.12 bits per heavy atom. The zero-order valence-electron chi connectivity index (χ0n) is 19.4. The van der Waals surface area contributed by atoms with Crippen molar-refractivity contribution in [3.8, 4) is 11.5 Å². The van der Waals surface area contributed by atoms with Crippen molar-refractivity contribution in [3.63, 3.8) is 0 Å². The molecule has 0 bridgehead atoms. The molecule has 0 saturated carbocycles. The number of rotatable bonds is 6. The van der Waals surface area contributed by atoms with E-state index in [1.807, 2.05) is 31.2 Å². The van der Waals surface area contributed by atoms with Crippen LogP contribution >= 0.6 is 24.0 Å². The molecular weight excluding hydrogens is 531 g/mol. The highest BCUT2D eigenvalue weighted by Crippen LogP contribution is 2.35. The van der Waals surface area contributed by atoms with Gasteiger partial charge in [0, 0.05) is 36.5 Å². The molecule has 2 aromatic carbocycles. The average molecular weight is 564 g/mol. The van der Waals surface area contributed by atoms with Crippen LogP contribution in [0.3, 0.4) is 0 Å². The van der Waals surface area contributed by atoms with Crippen LogP contribution < -0.4 is 25.4 Å². The van der Waals surface area contributed by atoms with E-state index in [1.165, 1.54) is 0 Å². The minimum absolute atomic E-state index is 0. The molecule has 0 radical (unpaired) electrons. The molecule has 1 atom stereocenters. The fraction of sp³-hybridized carbons (Fsp3) is 0.440. The fourth-order valence-corrected chi connectivity index (χ4v) is 4.08. The topological polar surface area (TPSA) is 84.0 Å². The average Bonchev–Trinajstić information content (AvgIpc) is 2.80. The van der Waals surface area contributed by atoms with Gasteiger partial charge in [-0.3, -0.25) is 9.79 Å². The molecule has 4 rings (SSSR count).